The van der Waals surface area contributed by atoms with E-state index in [-0.39, 0.29) is 5.91 Å². The van der Waals surface area contributed by atoms with Gasteiger partial charge in [-0.05, 0) is 44.0 Å². The first-order valence-electron chi connectivity index (χ1n) is 6.76. The monoisotopic (exact) mass is 264 g/mol. The zero-order valence-corrected chi connectivity index (χ0v) is 12.3. The van der Waals surface area contributed by atoms with E-state index in [0.717, 1.165) is 29.8 Å². The Morgan fingerprint density at radius 1 is 1.26 bits per heavy atom. The summed E-state index contributed by atoms with van der Waals surface area (Å²) in [5.74, 6) is 0.409. The van der Waals surface area contributed by atoms with Crippen LogP contribution in [-0.4, -0.2) is 35.5 Å². The van der Waals surface area contributed by atoms with Gasteiger partial charge in [-0.3, -0.25) is 9.69 Å². The Labute approximate surface area is 115 Å². The second kappa shape index (κ2) is 7.14. The third kappa shape index (κ3) is 4.56. The molecule has 4 nitrogen and oxygen atoms in total. The first-order chi connectivity index (χ1) is 8.97. The van der Waals surface area contributed by atoms with E-state index < -0.39 is 0 Å². The second-order valence-electron chi connectivity index (χ2n) is 4.84. The lowest BCUT2D eigenvalue weighted by molar-refractivity contribution is -0.122. The molecule has 0 aromatic heterocycles. The van der Waals surface area contributed by atoms with E-state index in [1.807, 2.05) is 39.8 Å². The highest BCUT2D eigenvalue weighted by Crippen LogP contribution is 2.23. The highest BCUT2D eigenvalue weighted by Gasteiger charge is 2.10. The van der Waals surface area contributed by atoms with Gasteiger partial charge in [0, 0.05) is 13.1 Å². The molecule has 2 N–H and O–H groups in total. The van der Waals surface area contributed by atoms with Crippen molar-refractivity contribution in [2.75, 3.05) is 19.6 Å². The van der Waals surface area contributed by atoms with Crippen molar-refractivity contribution in [2.24, 2.45) is 0 Å². The zero-order valence-electron chi connectivity index (χ0n) is 12.3. The van der Waals surface area contributed by atoms with E-state index in [4.69, 9.17) is 0 Å². The number of hydrogen-bond acceptors (Lipinski definition) is 3. The topological polar surface area (TPSA) is 52.6 Å². The number of carbonyl (C=O) groups is 1. The van der Waals surface area contributed by atoms with Gasteiger partial charge in [-0.2, -0.15) is 0 Å². The molecule has 0 aliphatic rings. The van der Waals surface area contributed by atoms with Crippen molar-refractivity contribution in [3.8, 4) is 5.75 Å². The van der Waals surface area contributed by atoms with Crippen molar-refractivity contribution in [3.63, 3.8) is 0 Å². The van der Waals surface area contributed by atoms with Crippen molar-refractivity contribution in [1.29, 1.82) is 0 Å². The summed E-state index contributed by atoms with van der Waals surface area (Å²) in [5.41, 5.74) is 2.88. The molecule has 0 heterocycles. The lowest BCUT2D eigenvalue weighted by atomic mass is 10.1. The molecule has 106 valence electrons. The van der Waals surface area contributed by atoms with Crippen molar-refractivity contribution < 1.29 is 9.90 Å². The first-order valence-corrected chi connectivity index (χ1v) is 6.76. The minimum absolute atomic E-state index is 0.0524. The number of nitrogens with one attached hydrogen (secondary N) is 1. The summed E-state index contributed by atoms with van der Waals surface area (Å²) >= 11 is 0. The Bertz CT molecular complexity index is 421. The molecule has 0 spiro atoms. The molecule has 1 aromatic rings. The summed E-state index contributed by atoms with van der Waals surface area (Å²) in [6.45, 7) is 10.3. The number of phenols is 1. The molecule has 0 saturated heterocycles. The van der Waals surface area contributed by atoms with E-state index in [0.29, 0.717) is 18.8 Å². The fourth-order valence-corrected chi connectivity index (χ4v) is 2.13. The lowest BCUT2D eigenvalue weighted by Gasteiger charge is -2.20. The van der Waals surface area contributed by atoms with Gasteiger partial charge in [-0.1, -0.05) is 19.1 Å². The summed E-state index contributed by atoms with van der Waals surface area (Å²) in [5, 5.41) is 12.6. The van der Waals surface area contributed by atoms with Gasteiger partial charge in [0.05, 0.1) is 6.54 Å². The molecule has 0 aliphatic heterocycles. The second-order valence-corrected chi connectivity index (χ2v) is 4.84. The number of aryl methyl sites for hydroxylation is 2. The van der Waals surface area contributed by atoms with Gasteiger partial charge in [0.15, 0.2) is 0 Å². The summed E-state index contributed by atoms with van der Waals surface area (Å²) < 4.78 is 0. The minimum atomic E-state index is 0.0524. The Morgan fingerprint density at radius 2 is 1.84 bits per heavy atom. The number of amides is 1. The quantitative estimate of drug-likeness (QED) is 0.826. The average Bonchev–Trinajstić information content (AvgIpc) is 2.35. The number of likely N-dealkylation sites (N-methyl/N-ethyl adjacent to an activating group) is 2. The predicted molar refractivity (Wildman–Crippen MR) is 77.2 cm³/mol. The molecular weight excluding hydrogens is 240 g/mol. The van der Waals surface area contributed by atoms with Gasteiger partial charge in [0.25, 0.3) is 0 Å². The van der Waals surface area contributed by atoms with Crippen molar-refractivity contribution in [2.45, 2.75) is 34.2 Å². The molecule has 0 unspecified atom stereocenters. The molecule has 4 heteroatoms. The predicted octanol–water partition coefficient (Wildman–Crippen LogP) is 1.97. The van der Waals surface area contributed by atoms with Crippen molar-refractivity contribution in [3.05, 3.63) is 28.8 Å². The van der Waals surface area contributed by atoms with Crippen molar-refractivity contribution in [1.82, 2.24) is 10.2 Å². The highest BCUT2D eigenvalue weighted by atomic mass is 16.3. The molecule has 19 heavy (non-hydrogen) atoms. The number of benzene rings is 1. The molecule has 0 saturated carbocycles. The highest BCUT2D eigenvalue weighted by molar-refractivity contribution is 5.77. The largest absolute Gasteiger partial charge is 0.507 e. The standard InChI is InChI=1S/C15H24N2O2/c1-5-16-14(18)10-17(6-2)9-13-7-11(3)15(19)12(4)8-13/h7-8,19H,5-6,9-10H2,1-4H3,(H,16,18). The normalized spacial score (nSPS) is 10.8. The Hall–Kier alpha value is -1.55. The van der Waals surface area contributed by atoms with E-state index in [2.05, 4.69) is 10.2 Å². The smallest absolute Gasteiger partial charge is 0.234 e. The van der Waals surface area contributed by atoms with Gasteiger partial charge >= 0.3 is 0 Å². The maximum Gasteiger partial charge on any atom is 0.234 e. The van der Waals surface area contributed by atoms with Crippen LogP contribution in [0, 0.1) is 13.8 Å². The van der Waals surface area contributed by atoms with Gasteiger partial charge in [0.2, 0.25) is 5.91 Å². The van der Waals surface area contributed by atoms with Crippen LogP contribution in [0.2, 0.25) is 0 Å². The lowest BCUT2D eigenvalue weighted by Crippen LogP contribution is -2.36. The molecular formula is C15H24N2O2. The first kappa shape index (κ1) is 15.5. The van der Waals surface area contributed by atoms with Crippen LogP contribution >= 0.6 is 0 Å². The Kier molecular flexibility index (Phi) is 5.83. The Balaban J connectivity index is 2.73. The molecule has 0 atom stereocenters. The van der Waals surface area contributed by atoms with Crippen LogP contribution in [0.3, 0.4) is 0 Å². The van der Waals surface area contributed by atoms with E-state index in [1.54, 1.807) is 0 Å². The molecule has 0 bridgehead atoms. The fraction of sp³-hybridized carbons (Fsp3) is 0.533. The number of rotatable bonds is 6. The maximum atomic E-state index is 11.6. The molecule has 0 aliphatic carbocycles. The molecule has 0 radical (unpaired) electrons. The third-order valence-electron chi connectivity index (χ3n) is 3.15. The number of hydrogen-bond donors (Lipinski definition) is 2. The van der Waals surface area contributed by atoms with Crippen LogP contribution in [-0.2, 0) is 11.3 Å². The molecule has 1 rings (SSSR count). The number of nitrogens with zero attached hydrogens (tertiary/aromatic N) is 1. The Morgan fingerprint density at radius 3 is 2.32 bits per heavy atom. The third-order valence-corrected chi connectivity index (χ3v) is 3.15. The number of aromatic hydroxyl groups is 1. The minimum Gasteiger partial charge on any atom is -0.507 e. The molecule has 1 amide bonds. The molecule has 0 fully saturated rings. The van der Waals surface area contributed by atoms with Crippen molar-refractivity contribution >= 4 is 5.91 Å². The molecule has 1 aromatic carbocycles. The van der Waals surface area contributed by atoms with Crippen LogP contribution in [0.15, 0.2) is 12.1 Å². The van der Waals surface area contributed by atoms with Gasteiger partial charge < -0.3 is 10.4 Å². The van der Waals surface area contributed by atoms with Crippen LogP contribution < -0.4 is 5.32 Å². The average molecular weight is 264 g/mol. The van der Waals surface area contributed by atoms with Crippen LogP contribution in [0.4, 0.5) is 0 Å². The van der Waals surface area contributed by atoms with Crippen LogP contribution in [0.5, 0.6) is 5.75 Å². The number of phenolic OH excluding ortho intramolecular Hbond substituents is 1. The SMILES string of the molecule is CCNC(=O)CN(CC)Cc1cc(C)c(O)c(C)c1. The van der Waals surface area contributed by atoms with E-state index >= 15 is 0 Å². The van der Waals surface area contributed by atoms with Gasteiger partial charge in [0.1, 0.15) is 5.75 Å². The summed E-state index contributed by atoms with van der Waals surface area (Å²) in [6, 6.07) is 3.95. The zero-order chi connectivity index (χ0) is 14.4. The summed E-state index contributed by atoms with van der Waals surface area (Å²) in [6.07, 6.45) is 0. The number of carbonyl (C=O) groups excluding carboxylic acids is 1. The van der Waals surface area contributed by atoms with Gasteiger partial charge in [-0.25, -0.2) is 0 Å². The maximum absolute atomic E-state index is 11.6. The summed E-state index contributed by atoms with van der Waals surface area (Å²) in [4.78, 5) is 13.7. The van der Waals surface area contributed by atoms with Crippen LogP contribution in [0.1, 0.15) is 30.5 Å². The van der Waals surface area contributed by atoms with E-state index in [9.17, 15) is 9.90 Å². The van der Waals surface area contributed by atoms with Gasteiger partial charge in [-0.15, -0.1) is 0 Å². The van der Waals surface area contributed by atoms with Crippen LogP contribution in [0.25, 0.3) is 0 Å². The fourth-order valence-electron chi connectivity index (χ4n) is 2.13. The van der Waals surface area contributed by atoms with E-state index in [1.165, 1.54) is 0 Å². The summed E-state index contributed by atoms with van der Waals surface area (Å²) in [7, 11) is 0.